The number of anilines is 2. The molecule has 2 rings (SSSR count). The van der Waals surface area contributed by atoms with Crippen LogP contribution in [0.5, 0.6) is 5.75 Å². The Morgan fingerprint density at radius 1 is 1.63 bits per heavy atom. The first-order valence-corrected chi connectivity index (χ1v) is 7.39. The minimum atomic E-state index is -0.0278. The average molecular weight is 281 g/mol. The van der Waals surface area contributed by atoms with Gasteiger partial charge in [-0.05, 0) is 12.1 Å². The summed E-state index contributed by atoms with van der Waals surface area (Å²) in [5.41, 5.74) is 6.98. The molecule has 5 nitrogen and oxygen atoms in total. The summed E-state index contributed by atoms with van der Waals surface area (Å²) in [6.45, 7) is 0.962. The normalized spacial score (nSPS) is 18.9. The number of carbonyl (C=O) groups excluding carboxylic acids is 1. The first kappa shape index (κ1) is 14.0. The van der Waals surface area contributed by atoms with E-state index < -0.39 is 0 Å². The van der Waals surface area contributed by atoms with Crippen LogP contribution >= 0.6 is 11.8 Å². The van der Waals surface area contributed by atoms with Gasteiger partial charge in [-0.2, -0.15) is 11.8 Å². The van der Waals surface area contributed by atoms with E-state index in [1.54, 1.807) is 25.3 Å². The molecule has 1 heterocycles. The number of thioether (sulfide) groups is 1. The van der Waals surface area contributed by atoms with E-state index in [1.165, 1.54) is 0 Å². The second-order valence-corrected chi connectivity index (χ2v) is 5.58. The molecule has 0 bridgehead atoms. The zero-order valence-corrected chi connectivity index (χ0v) is 11.8. The third kappa shape index (κ3) is 4.04. The van der Waals surface area contributed by atoms with E-state index in [0.29, 0.717) is 23.5 Å². The lowest BCUT2D eigenvalue weighted by atomic mass is 10.2. The van der Waals surface area contributed by atoms with Gasteiger partial charge < -0.3 is 21.1 Å². The number of hydrogen-bond acceptors (Lipinski definition) is 5. The number of nitrogen functional groups attached to an aromatic ring is 1. The van der Waals surface area contributed by atoms with Crippen molar-refractivity contribution in [1.29, 1.82) is 0 Å². The summed E-state index contributed by atoms with van der Waals surface area (Å²) in [5, 5.41) is 6.17. The molecular weight excluding hydrogens is 262 g/mol. The molecule has 0 radical (unpaired) electrons. The van der Waals surface area contributed by atoms with Crippen LogP contribution in [-0.4, -0.2) is 37.1 Å². The molecule has 19 heavy (non-hydrogen) atoms. The van der Waals surface area contributed by atoms with Gasteiger partial charge in [0.2, 0.25) is 5.91 Å². The second-order valence-electron chi connectivity index (χ2n) is 4.43. The van der Waals surface area contributed by atoms with Crippen molar-refractivity contribution >= 4 is 29.0 Å². The number of hydrogen-bond donors (Lipinski definition) is 3. The fraction of sp³-hybridized carbons (Fsp3) is 0.462. The van der Waals surface area contributed by atoms with Crippen molar-refractivity contribution in [2.75, 3.05) is 36.2 Å². The van der Waals surface area contributed by atoms with E-state index in [2.05, 4.69) is 10.6 Å². The molecule has 1 aromatic carbocycles. The third-order valence-corrected chi connectivity index (χ3v) is 4.10. The van der Waals surface area contributed by atoms with E-state index in [1.807, 2.05) is 11.8 Å². The summed E-state index contributed by atoms with van der Waals surface area (Å²) in [7, 11) is 1.58. The number of amides is 1. The van der Waals surface area contributed by atoms with Crippen LogP contribution in [0, 0.1) is 0 Å². The molecule has 0 aliphatic carbocycles. The molecule has 1 aliphatic rings. The van der Waals surface area contributed by atoms with Gasteiger partial charge >= 0.3 is 0 Å². The van der Waals surface area contributed by atoms with Crippen molar-refractivity contribution in [3.05, 3.63) is 18.2 Å². The van der Waals surface area contributed by atoms with Crippen molar-refractivity contribution < 1.29 is 9.53 Å². The Morgan fingerprint density at radius 3 is 3.16 bits per heavy atom. The number of benzene rings is 1. The SMILES string of the molecule is COc1ccc(N)c(NC(=O)CC2CSCCN2)c1. The number of nitrogens with two attached hydrogens (primary N) is 1. The van der Waals surface area contributed by atoms with E-state index in [9.17, 15) is 4.79 Å². The maximum atomic E-state index is 12.0. The van der Waals surface area contributed by atoms with Gasteiger partial charge in [0.15, 0.2) is 0 Å². The molecule has 1 fully saturated rings. The molecule has 1 saturated heterocycles. The van der Waals surface area contributed by atoms with Gasteiger partial charge in [-0.25, -0.2) is 0 Å². The van der Waals surface area contributed by atoms with E-state index >= 15 is 0 Å². The van der Waals surface area contributed by atoms with Crippen LogP contribution in [0.4, 0.5) is 11.4 Å². The van der Waals surface area contributed by atoms with Crippen molar-refractivity contribution in [2.45, 2.75) is 12.5 Å². The molecule has 1 aromatic rings. The zero-order chi connectivity index (χ0) is 13.7. The molecule has 0 saturated carbocycles. The number of nitrogens with one attached hydrogen (secondary N) is 2. The molecular formula is C13H19N3O2S. The van der Waals surface area contributed by atoms with Crippen LogP contribution < -0.4 is 21.1 Å². The number of methoxy groups -OCH3 is 1. The van der Waals surface area contributed by atoms with Crippen molar-refractivity contribution in [3.8, 4) is 5.75 Å². The van der Waals surface area contributed by atoms with Crippen LogP contribution in [0.1, 0.15) is 6.42 Å². The first-order chi connectivity index (χ1) is 9.19. The molecule has 4 N–H and O–H groups in total. The van der Waals surface area contributed by atoms with Crippen molar-refractivity contribution in [3.63, 3.8) is 0 Å². The fourth-order valence-corrected chi connectivity index (χ4v) is 2.90. The third-order valence-electron chi connectivity index (χ3n) is 2.96. The predicted octanol–water partition coefficient (Wildman–Crippen LogP) is 1.31. The Bertz CT molecular complexity index is 448. The van der Waals surface area contributed by atoms with Crippen LogP contribution in [0.2, 0.25) is 0 Å². The largest absolute Gasteiger partial charge is 0.497 e. The Kier molecular flexibility index (Phi) is 4.93. The van der Waals surface area contributed by atoms with Crippen LogP contribution in [0.3, 0.4) is 0 Å². The van der Waals surface area contributed by atoms with Gasteiger partial charge in [0.25, 0.3) is 0 Å². The fourth-order valence-electron chi connectivity index (χ4n) is 1.95. The minimum absolute atomic E-state index is 0.0278. The Labute approximate surface area is 117 Å². The summed E-state index contributed by atoms with van der Waals surface area (Å²) in [6, 6.07) is 5.47. The summed E-state index contributed by atoms with van der Waals surface area (Å²) in [6.07, 6.45) is 0.462. The predicted molar refractivity (Wildman–Crippen MR) is 79.8 cm³/mol. The Morgan fingerprint density at radius 2 is 2.47 bits per heavy atom. The Hall–Kier alpha value is -1.40. The Balaban J connectivity index is 1.94. The summed E-state index contributed by atoms with van der Waals surface area (Å²) < 4.78 is 5.12. The lowest BCUT2D eigenvalue weighted by Gasteiger charge is -2.22. The molecule has 1 aliphatic heterocycles. The molecule has 0 aromatic heterocycles. The van der Waals surface area contributed by atoms with Crippen molar-refractivity contribution in [2.24, 2.45) is 0 Å². The van der Waals surface area contributed by atoms with Crippen LogP contribution in [0.15, 0.2) is 18.2 Å². The summed E-state index contributed by atoms with van der Waals surface area (Å²) in [5.74, 6) is 2.73. The first-order valence-electron chi connectivity index (χ1n) is 6.23. The van der Waals surface area contributed by atoms with Gasteiger partial charge in [-0.1, -0.05) is 0 Å². The highest BCUT2D eigenvalue weighted by Gasteiger charge is 2.17. The maximum Gasteiger partial charge on any atom is 0.226 e. The smallest absolute Gasteiger partial charge is 0.226 e. The van der Waals surface area contributed by atoms with Gasteiger partial charge in [0.05, 0.1) is 18.5 Å². The van der Waals surface area contributed by atoms with Gasteiger partial charge in [0.1, 0.15) is 5.75 Å². The zero-order valence-electron chi connectivity index (χ0n) is 10.9. The van der Waals surface area contributed by atoms with Crippen LogP contribution in [0.25, 0.3) is 0 Å². The molecule has 104 valence electrons. The standard InChI is InChI=1S/C13H19N3O2S/c1-18-10-2-3-11(14)12(7-10)16-13(17)6-9-8-19-5-4-15-9/h2-3,7,9,15H,4-6,8,14H2,1H3,(H,16,17). The van der Waals surface area contributed by atoms with Crippen LogP contribution in [-0.2, 0) is 4.79 Å². The molecule has 1 unspecified atom stereocenters. The highest BCUT2D eigenvalue weighted by Crippen LogP contribution is 2.24. The lowest BCUT2D eigenvalue weighted by molar-refractivity contribution is -0.116. The van der Waals surface area contributed by atoms with Crippen molar-refractivity contribution in [1.82, 2.24) is 5.32 Å². The van der Waals surface area contributed by atoms with E-state index in [4.69, 9.17) is 10.5 Å². The minimum Gasteiger partial charge on any atom is -0.497 e. The van der Waals surface area contributed by atoms with E-state index in [0.717, 1.165) is 18.1 Å². The topological polar surface area (TPSA) is 76.4 Å². The quantitative estimate of drug-likeness (QED) is 0.726. The molecule has 6 heteroatoms. The molecule has 1 atom stereocenters. The highest BCUT2D eigenvalue weighted by molar-refractivity contribution is 7.99. The summed E-state index contributed by atoms with van der Waals surface area (Å²) in [4.78, 5) is 12.0. The lowest BCUT2D eigenvalue weighted by Crippen LogP contribution is -2.39. The monoisotopic (exact) mass is 281 g/mol. The number of carbonyl (C=O) groups is 1. The number of rotatable bonds is 4. The highest BCUT2D eigenvalue weighted by atomic mass is 32.2. The summed E-state index contributed by atoms with van der Waals surface area (Å²) >= 11 is 1.87. The average Bonchev–Trinajstić information content (AvgIpc) is 2.42. The second kappa shape index (κ2) is 6.68. The van der Waals surface area contributed by atoms with E-state index in [-0.39, 0.29) is 11.9 Å². The van der Waals surface area contributed by atoms with Gasteiger partial charge in [0, 0.05) is 36.6 Å². The molecule has 1 amide bonds. The molecule has 0 spiro atoms. The number of ether oxygens (including phenoxy) is 1. The maximum absolute atomic E-state index is 12.0. The van der Waals surface area contributed by atoms with Gasteiger partial charge in [-0.15, -0.1) is 0 Å². The van der Waals surface area contributed by atoms with Gasteiger partial charge in [-0.3, -0.25) is 4.79 Å².